The van der Waals surface area contributed by atoms with Gasteiger partial charge >= 0.3 is 5.97 Å². The van der Waals surface area contributed by atoms with Gasteiger partial charge in [0.1, 0.15) is 23.4 Å². The van der Waals surface area contributed by atoms with Gasteiger partial charge in [0.25, 0.3) is 0 Å². The average Bonchev–Trinajstić information content (AvgIpc) is 3.14. The van der Waals surface area contributed by atoms with Crippen molar-refractivity contribution in [2.24, 2.45) is 5.10 Å². The van der Waals surface area contributed by atoms with Gasteiger partial charge in [-0.1, -0.05) is 24.3 Å². The molecule has 0 fully saturated rings. The first-order valence-electron chi connectivity index (χ1n) is 9.25. The lowest BCUT2D eigenvalue weighted by atomic mass is 10.1. The normalized spacial score (nSPS) is 16.9. The van der Waals surface area contributed by atoms with Crippen LogP contribution in [0.4, 0.5) is 14.5 Å². The molecule has 8 heteroatoms. The number of halogens is 2. The van der Waals surface area contributed by atoms with Gasteiger partial charge in [0, 0.05) is 18.1 Å². The summed E-state index contributed by atoms with van der Waals surface area (Å²) >= 11 is 0. The van der Waals surface area contributed by atoms with Crippen LogP contribution in [0, 0.1) is 11.6 Å². The van der Waals surface area contributed by atoms with E-state index >= 15 is 0 Å². The number of amides is 1. The Kier molecular flexibility index (Phi) is 6.21. The summed E-state index contributed by atoms with van der Waals surface area (Å²) in [5, 5.41) is 8.45. The lowest BCUT2D eigenvalue weighted by Gasteiger charge is -2.24. The molecule has 0 saturated carbocycles. The Balaban J connectivity index is 1.81. The molecule has 2 unspecified atom stereocenters. The minimum Gasteiger partial charge on any atom is -0.461 e. The summed E-state index contributed by atoms with van der Waals surface area (Å²) in [4.78, 5) is 25.1. The average molecular weight is 401 g/mol. The Morgan fingerprint density at radius 1 is 1.24 bits per heavy atom. The van der Waals surface area contributed by atoms with E-state index in [1.165, 1.54) is 11.1 Å². The van der Waals surface area contributed by atoms with E-state index in [0.29, 0.717) is 5.69 Å². The summed E-state index contributed by atoms with van der Waals surface area (Å²) in [6.07, 6.45) is 0.0538. The highest BCUT2D eigenvalue weighted by Crippen LogP contribution is 2.26. The lowest BCUT2D eigenvalue weighted by Crippen LogP contribution is -2.43. The van der Waals surface area contributed by atoms with Crippen molar-refractivity contribution in [3.63, 3.8) is 0 Å². The fourth-order valence-corrected chi connectivity index (χ4v) is 3.11. The molecule has 0 bridgehead atoms. The standard InChI is InChI=1S/C21H21F2N3O3/c1-3-29-21(28)18-12-19(26(25-18)15-7-5-4-6-8-15)20(27)24-13(2)16-10-9-14(22)11-17(16)23/h4-11,13,19H,3,12H2,1-2H3,(H,24,27). The third-order valence-corrected chi connectivity index (χ3v) is 4.53. The summed E-state index contributed by atoms with van der Waals surface area (Å²) < 4.78 is 32.2. The predicted octanol–water partition coefficient (Wildman–Crippen LogP) is 3.34. The summed E-state index contributed by atoms with van der Waals surface area (Å²) in [5.41, 5.74) is 0.930. The van der Waals surface area contributed by atoms with Gasteiger partial charge in [-0.05, 0) is 32.0 Å². The summed E-state index contributed by atoms with van der Waals surface area (Å²) in [7, 11) is 0. The van der Waals surface area contributed by atoms with E-state index in [-0.39, 0.29) is 24.3 Å². The van der Waals surface area contributed by atoms with Crippen molar-refractivity contribution >= 4 is 23.3 Å². The first-order chi connectivity index (χ1) is 13.9. The SMILES string of the molecule is CCOC(=O)C1=NN(c2ccccc2)C(C(=O)NC(C)c2ccc(F)cc2F)C1. The highest BCUT2D eigenvalue weighted by Gasteiger charge is 2.37. The number of para-hydroxylation sites is 1. The van der Waals surface area contributed by atoms with Gasteiger partial charge in [-0.15, -0.1) is 0 Å². The topological polar surface area (TPSA) is 71.0 Å². The van der Waals surface area contributed by atoms with Crippen molar-refractivity contribution in [3.8, 4) is 0 Å². The van der Waals surface area contributed by atoms with Crippen LogP contribution in [0.25, 0.3) is 0 Å². The van der Waals surface area contributed by atoms with Gasteiger partial charge in [0.15, 0.2) is 0 Å². The molecule has 2 aromatic carbocycles. The highest BCUT2D eigenvalue weighted by atomic mass is 19.1. The van der Waals surface area contributed by atoms with E-state index in [9.17, 15) is 18.4 Å². The maximum atomic E-state index is 14.0. The Labute approximate surface area is 167 Å². The minimum absolute atomic E-state index is 0.0538. The molecule has 6 nitrogen and oxygen atoms in total. The third kappa shape index (κ3) is 4.59. The number of hydrazone groups is 1. The molecule has 0 aliphatic carbocycles. The van der Waals surface area contributed by atoms with E-state index in [4.69, 9.17) is 4.74 Å². The molecule has 2 atom stereocenters. The molecule has 0 aromatic heterocycles. The minimum atomic E-state index is -0.803. The van der Waals surface area contributed by atoms with Crippen LogP contribution in [0.15, 0.2) is 53.6 Å². The summed E-state index contributed by atoms with van der Waals surface area (Å²) in [6.45, 7) is 3.48. The molecule has 152 valence electrons. The Bertz CT molecular complexity index is 934. The molecule has 1 aliphatic rings. The van der Waals surface area contributed by atoms with Crippen LogP contribution in [-0.4, -0.2) is 30.2 Å². The molecule has 0 radical (unpaired) electrons. The zero-order valence-electron chi connectivity index (χ0n) is 16.1. The first-order valence-corrected chi connectivity index (χ1v) is 9.25. The van der Waals surface area contributed by atoms with Crippen LogP contribution in [0.3, 0.4) is 0 Å². The highest BCUT2D eigenvalue weighted by molar-refractivity contribution is 6.38. The van der Waals surface area contributed by atoms with Gasteiger partial charge < -0.3 is 10.1 Å². The Hall–Kier alpha value is -3.29. The van der Waals surface area contributed by atoms with Crippen molar-refractivity contribution in [2.75, 3.05) is 11.6 Å². The first kappa shape index (κ1) is 20.4. The van der Waals surface area contributed by atoms with Crippen LogP contribution in [-0.2, 0) is 14.3 Å². The molecule has 1 amide bonds. The monoisotopic (exact) mass is 401 g/mol. The van der Waals surface area contributed by atoms with Gasteiger partial charge in [-0.3, -0.25) is 9.80 Å². The van der Waals surface area contributed by atoms with Crippen molar-refractivity contribution in [3.05, 3.63) is 65.7 Å². The lowest BCUT2D eigenvalue weighted by molar-refractivity contribution is -0.135. The van der Waals surface area contributed by atoms with Gasteiger partial charge in [-0.2, -0.15) is 5.10 Å². The van der Waals surface area contributed by atoms with Crippen molar-refractivity contribution in [2.45, 2.75) is 32.4 Å². The van der Waals surface area contributed by atoms with Crippen LogP contribution in [0.1, 0.15) is 31.9 Å². The number of rotatable bonds is 6. The molecule has 1 N–H and O–H groups in total. The molecule has 29 heavy (non-hydrogen) atoms. The fourth-order valence-electron chi connectivity index (χ4n) is 3.11. The molecule has 2 aromatic rings. The Morgan fingerprint density at radius 2 is 1.97 bits per heavy atom. The van der Waals surface area contributed by atoms with E-state index < -0.39 is 35.6 Å². The van der Waals surface area contributed by atoms with Crippen LogP contribution >= 0.6 is 0 Å². The maximum Gasteiger partial charge on any atom is 0.354 e. The van der Waals surface area contributed by atoms with Gasteiger partial charge in [0.05, 0.1) is 18.3 Å². The molecular weight excluding hydrogens is 380 g/mol. The van der Waals surface area contributed by atoms with Crippen molar-refractivity contribution in [1.29, 1.82) is 0 Å². The number of hydrogen-bond acceptors (Lipinski definition) is 5. The maximum absolute atomic E-state index is 14.0. The van der Waals surface area contributed by atoms with E-state index in [0.717, 1.165) is 12.1 Å². The second kappa shape index (κ2) is 8.81. The summed E-state index contributed by atoms with van der Waals surface area (Å²) in [5.74, 6) is -2.45. The molecule has 0 saturated heterocycles. The van der Waals surface area contributed by atoms with Gasteiger partial charge in [0.2, 0.25) is 5.91 Å². The fraction of sp³-hybridized carbons (Fsp3) is 0.286. The van der Waals surface area contributed by atoms with Crippen molar-refractivity contribution in [1.82, 2.24) is 5.32 Å². The number of carbonyl (C=O) groups is 2. The largest absolute Gasteiger partial charge is 0.461 e. The molecule has 1 aliphatic heterocycles. The molecule has 0 spiro atoms. The van der Waals surface area contributed by atoms with Crippen LogP contribution < -0.4 is 10.3 Å². The van der Waals surface area contributed by atoms with Crippen LogP contribution in [0.5, 0.6) is 0 Å². The quantitative estimate of drug-likeness (QED) is 0.754. The molecule has 3 rings (SSSR count). The smallest absolute Gasteiger partial charge is 0.354 e. The number of nitrogens with one attached hydrogen (secondary N) is 1. The number of hydrogen-bond donors (Lipinski definition) is 1. The van der Waals surface area contributed by atoms with E-state index in [2.05, 4.69) is 10.4 Å². The van der Waals surface area contributed by atoms with Crippen LogP contribution in [0.2, 0.25) is 0 Å². The Morgan fingerprint density at radius 3 is 2.62 bits per heavy atom. The number of benzene rings is 2. The third-order valence-electron chi connectivity index (χ3n) is 4.53. The predicted molar refractivity (Wildman–Crippen MR) is 104 cm³/mol. The second-order valence-electron chi connectivity index (χ2n) is 6.56. The van der Waals surface area contributed by atoms with E-state index in [1.807, 2.05) is 6.07 Å². The summed E-state index contributed by atoms with van der Waals surface area (Å²) in [6, 6.07) is 10.6. The second-order valence-corrected chi connectivity index (χ2v) is 6.56. The van der Waals surface area contributed by atoms with Gasteiger partial charge in [-0.25, -0.2) is 13.6 Å². The van der Waals surface area contributed by atoms with Crippen molar-refractivity contribution < 1.29 is 23.1 Å². The molecular formula is C21H21F2N3O3. The number of anilines is 1. The zero-order chi connectivity index (χ0) is 21.0. The zero-order valence-corrected chi connectivity index (χ0v) is 16.1. The molecule has 1 heterocycles. The number of carbonyl (C=O) groups excluding carboxylic acids is 2. The number of ether oxygens (including phenoxy) is 1. The number of nitrogens with zero attached hydrogens (tertiary/aromatic N) is 2. The number of esters is 1. The van der Waals surface area contributed by atoms with E-state index in [1.54, 1.807) is 38.1 Å².